The molecule has 3 heterocycles. The normalized spacial score (nSPS) is 16.6. The number of methoxy groups -OCH3 is 1. The number of rotatable bonds is 8. The van der Waals surface area contributed by atoms with Crippen LogP contribution in [0.1, 0.15) is 47.2 Å². The SMILES string of the molecule is CCC(=O)Nc1ccc(N2C(=S)N[C@H](c3ccccn3)[C@H]2c2ccc(-c3ccc(C(=O)O)cc3)o2)cc1OC. The fraction of sp³-hybridized carbons (Fsp3) is 0.172. The lowest BCUT2D eigenvalue weighted by atomic mass is 10.0. The molecule has 1 amide bonds. The predicted molar refractivity (Wildman–Crippen MR) is 151 cm³/mol. The summed E-state index contributed by atoms with van der Waals surface area (Å²) in [5.74, 6) is 0.618. The van der Waals surface area contributed by atoms with E-state index in [1.807, 2.05) is 47.4 Å². The van der Waals surface area contributed by atoms with Crippen LogP contribution >= 0.6 is 12.2 Å². The van der Waals surface area contributed by atoms with E-state index in [0.29, 0.717) is 34.5 Å². The number of carboxylic acid groups (broad SMARTS) is 1. The van der Waals surface area contributed by atoms with Crippen molar-refractivity contribution in [2.24, 2.45) is 0 Å². The Morgan fingerprint density at radius 1 is 1.13 bits per heavy atom. The molecule has 3 N–H and O–H groups in total. The predicted octanol–water partition coefficient (Wildman–Crippen LogP) is 5.57. The van der Waals surface area contributed by atoms with Gasteiger partial charge in [0.25, 0.3) is 0 Å². The van der Waals surface area contributed by atoms with Crippen molar-refractivity contribution in [3.8, 4) is 17.1 Å². The molecule has 1 saturated heterocycles. The van der Waals surface area contributed by atoms with E-state index in [-0.39, 0.29) is 17.5 Å². The van der Waals surface area contributed by atoms with E-state index in [9.17, 15) is 14.7 Å². The molecular formula is C29H26N4O5S. The van der Waals surface area contributed by atoms with Crippen LogP contribution in [0.2, 0.25) is 0 Å². The van der Waals surface area contributed by atoms with Gasteiger partial charge in [-0.05, 0) is 60.7 Å². The third kappa shape index (κ3) is 5.19. The van der Waals surface area contributed by atoms with E-state index in [1.54, 1.807) is 50.6 Å². The van der Waals surface area contributed by atoms with Gasteiger partial charge in [-0.15, -0.1) is 0 Å². The Hall–Kier alpha value is -4.70. The maximum Gasteiger partial charge on any atom is 0.335 e. The summed E-state index contributed by atoms with van der Waals surface area (Å²) in [6.07, 6.45) is 2.07. The quantitative estimate of drug-likeness (QED) is 0.246. The number of carboxylic acids is 1. The molecule has 2 aromatic carbocycles. The number of hydrogen-bond donors (Lipinski definition) is 3. The van der Waals surface area contributed by atoms with E-state index < -0.39 is 12.0 Å². The molecule has 0 unspecified atom stereocenters. The van der Waals surface area contributed by atoms with Crippen LogP contribution in [0.25, 0.3) is 11.3 Å². The summed E-state index contributed by atoms with van der Waals surface area (Å²) in [6.45, 7) is 1.78. The van der Waals surface area contributed by atoms with Gasteiger partial charge in [0.15, 0.2) is 5.11 Å². The van der Waals surface area contributed by atoms with Crippen molar-refractivity contribution in [1.29, 1.82) is 0 Å². The first-order valence-electron chi connectivity index (χ1n) is 12.3. The molecule has 5 rings (SSSR count). The van der Waals surface area contributed by atoms with Gasteiger partial charge in [0.05, 0.1) is 30.1 Å². The molecule has 39 heavy (non-hydrogen) atoms. The van der Waals surface area contributed by atoms with Gasteiger partial charge < -0.3 is 29.8 Å². The third-order valence-electron chi connectivity index (χ3n) is 6.49. The average Bonchev–Trinajstić information content (AvgIpc) is 3.58. The topological polar surface area (TPSA) is 117 Å². The van der Waals surface area contributed by atoms with Crippen molar-refractivity contribution >= 4 is 40.6 Å². The Morgan fingerprint density at radius 2 is 1.92 bits per heavy atom. The Labute approximate surface area is 230 Å². The molecule has 2 aromatic heterocycles. The van der Waals surface area contributed by atoms with Gasteiger partial charge in [-0.2, -0.15) is 0 Å². The number of furan rings is 1. The number of aromatic carboxylic acids is 1. The number of carbonyl (C=O) groups excluding carboxylic acids is 1. The first kappa shape index (κ1) is 25.9. The highest BCUT2D eigenvalue weighted by Crippen LogP contribution is 2.44. The van der Waals surface area contributed by atoms with Crippen LogP contribution in [-0.2, 0) is 4.79 Å². The molecule has 2 atom stereocenters. The summed E-state index contributed by atoms with van der Waals surface area (Å²) in [5, 5.41) is 15.9. The zero-order valence-electron chi connectivity index (χ0n) is 21.3. The lowest BCUT2D eigenvalue weighted by Crippen LogP contribution is -2.29. The summed E-state index contributed by atoms with van der Waals surface area (Å²) >= 11 is 5.80. The van der Waals surface area contributed by atoms with Crippen molar-refractivity contribution in [2.75, 3.05) is 17.3 Å². The zero-order chi connectivity index (χ0) is 27.5. The number of nitrogens with one attached hydrogen (secondary N) is 2. The summed E-state index contributed by atoms with van der Waals surface area (Å²) < 4.78 is 11.9. The van der Waals surface area contributed by atoms with Crippen LogP contribution in [0.3, 0.4) is 0 Å². The van der Waals surface area contributed by atoms with Gasteiger partial charge >= 0.3 is 5.97 Å². The minimum atomic E-state index is -0.989. The van der Waals surface area contributed by atoms with Crippen molar-refractivity contribution < 1.29 is 23.8 Å². The first-order chi connectivity index (χ1) is 18.9. The molecule has 1 aliphatic heterocycles. The Morgan fingerprint density at radius 3 is 2.59 bits per heavy atom. The minimum Gasteiger partial charge on any atom is -0.494 e. The summed E-state index contributed by atoms with van der Waals surface area (Å²) in [4.78, 5) is 29.7. The minimum absolute atomic E-state index is 0.119. The molecule has 10 heteroatoms. The van der Waals surface area contributed by atoms with Gasteiger partial charge in [0.2, 0.25) is 5.91 Å². The lowest BCUT2D eigenvalue weighted by molar-refractivity contribution is -0.115. The van der Waals surface area contributed by atoms with E-state index >= 15 is 0 Å². The number of amides is 1. The van der Waals surface area contributed by atoms with Gasteiger partial charge in [-0.25, -0.2) is 4.79 Å². The van der Waals surface area contributed by atoms with Crippen LogP contribution < -0.4 is 20.3 Å². The summed E-state index contributed by atoms with van der Waals surface area (Å²) in [7, 11) is 1.55. The van der Waals surface area contributed by atoms with Gasteiger partial charge in [0.1, 0.15) is 23.3 Å². The van der Waals surface area contributed by atoms with Crippen molar-refractivity contribution in [2.45, 2.75) is 25.4 Å². The fourth-order valence-corrected chi connectivity index (χ4v) is 4.88. The molecule has 0 radical (unpaired) electrons. The zero-order valence-corrected chi connectivity index (χ0v) is 22.1. The van der Waals surface area contributed by atoms with Crippen LogP contribution in [0.5, 0.6) is 5.75 Å². The molecule has 1 aliphatic rings. The largest absolute Gasteiger partial charge is 0.494 e. The van der Waals surface area contributed by atoms with Crippen LogP contribution in [-0.4, -0.2) is 34.2 Å². The fourth-order valence-electron chi connectivity index (χ4n) is 4.54. The van der Waals surface area contributed by atoms with E-state index in [1.165, 1.54) is 0 Å². The average molecular weight is 543 g/mol. The number of thiocarbonyl (C=S) groups is 1. The number of hydrogen-bond acceptors (Lipinski definition) is 6. The smallest absolute Gasteiger partial charge is 0.335 e. The number of anilines is 2. The lowest BCUT2D eigenvalue weighted by Gasteiger charge is -2.27. The Bertz CT molecular complexity index is 1520. The van der Waals surface area contributed by atoms with Gasteiger partial charge in [0, 0.05) is 29.9 Å². The molecule has 0 bridgehead atoms. The van der Waals surface area contributed by atoms with Crippen molar-refractivity contribution in [1.82, 2.24) is 10.3 Å². The molecule has 9 nitrogen and oxygen atoms in total. The monoisotopic (exact) mass is 542 g/mol. The molecule has 4 aromatic rings. The van der Waals surface area contributed by atoms with E-state index in [0.717, 1.165) is 16.9 Å². The third-order valence-corrected chi connectivity index (χ3v) is 6.81. The highest BCUT2D eigenvalue weighted by atomic mass is 32.1. The second-order valence-corrected chi connectivity index (χ2v) is 9.25. The highest BCUT2D eigenvalue weighted by molar-refractivity contribution is 7.80. The molecule has 0 saturated carbocycles. The summed E-state index contributed by atoms with van der Waals surface area (Å²) in [6, 6.07) is 20.7. The maximum absolute atomic E-state index is 12.0. The number of nitrogens with zero attached hydrogens (tertiary/aromatic N) is 2. The number of benzene rings is 2. The van der Waals surface area contributed by atoms with Crippen LogP contribution in [0.4, 0.5) is 11.4 Å². The Kier molecular flexibility index (Phi) is 7.29. The highest BCUT2D eigenvalue weighted by Gasteiger charge is 2.42. The first-order valence-corrected chi connectivity index (χ1v) is 12.7. The number of ether oxygens (including phenoxy) is 1. The van der Waals surface area contributed by atoms with Crippen LogP contribution in [0, 0.1) is 0 Å². The summed E-state index contributed by atoms with van der Waals surface area (Å²) in [5.41, 5.74) is 3.04. The standard InChI is InChI=1S/C29H26N4O5S/c1-3-25(34)31-20-12-11-19(16-24(20)37-2)33-27(26(32-29(33)39)21-6-4-5-15-30-21)23-14-13-22(38-23)17-7-9-18(10-8-17)28(35)36/h4-16,26-27H,3H2,1-2H3,(H,31,34)(H,32,39)(H,35,36)/t26-,27-/m1/s1. The number of pyridine rings is 1. The number of carbonyl (C=O) groups is 2. The molecular weight excluding hydrogens is 516 g/mol. The van der Waals surface area contributed by atoms with Gasteiger partial charge in [-0.3, -0.25) is 9.78 Å². The second kappa shape index (κ2) is 11.0. The van der Waals surface area contributed by atoms with Crippen molar-refractivity contribution in [3.05, 3.63) is 96.0 Å². The molecule has 1 fully saturated rings. The molecule has 0 aliphatic carbocycles. The molecule has 0 spiro atoms. The second-order valence-electron chi connectivity index (χ2n) is 8.87. The molecule has 198 valence electrons. The number of aromatic nitrogens is 1. The Balaban J connectivity index is 1.55. The van der Waals surface area contributed by atoms with Gasteiger partial charge in [-0.1, -0.05) is 25.1 Å². The maximum atomic E-state index is 12.0. The van der Waals surface area contributed by atoms with E-state index in [4.69, 9.17) is 21.4 Å². The van der Waals surface area contributed by atoms with Crippen LogP contribution in [0.15, 0.2) is 83.4 Å². The van der Waals surface area contributed by atoms with E-state index in [2.05, 4.69) is 15.6 Å². The van der Waals surface area contributed by atoms with Crippen molar-refractivity contribution in [3.63, 3.8) is 0 Å².